The third-order valence-electron chi connectivity index (χ3n) is 2.93. The summed E-state index contributed by atoms with van der Waals surface area (Å²) in [6.45, 7) is 0.494. The lowest BCUT2D eigenvalue weighted by atomic mass is 10.3. The molecule has 0 atom stereocenters. The molecule has 3 rings (SSSR count). The number of carbonyl (C=O) groups excluding carboxylic acids is 1. The van der Waals surface area contributed by atoms with E-state index in [0.29, 0.717) is 17.4 Å². The average Bonchev–Trinajstić information content (AvgIpc) is 3.18. The van der Waals surface area contributed by atoms with Crippen LogP contribution in [0.15, 0.2) is 58.6 Å². The Morgan fingerprint density at radius 1 is 1.35 bits per heavy atom. The molecule has 0 aliphatic carbocycles. The quantitative estimate of drug-likeness (QED) is 0.703. The summed E-state index contributed by atoms with van der Waals surface area (Å²) in [6, 6.07) is 9.41. The van der Waals surface area contributed by atoms with Gasteiger partial charge in [-0.1, -0.05) is 17.8 Å². The van der Waals surface area contributed by atoms with Crippen molar-refractivity contribution in [3.8, 4) is 0 Å². The smallest absolute Gasteiger partial charge is 0.234 e. The maximum absolute atomic E-state index is 13.1. The van der Waals surface area contributed by atoms with E-state index in [1.54, 1.807) is 29.3 Å². The fraction of sp³-hybridized carbons (Fsp3) is 0.133. The molecule has 0 aliphatic heterocycles. The molecule has 1 amide bonds. The lowest BCUT2D eigenvalue weighted by Crippen LogP contribution is -2.14. The van der Waals surface area contributed by atoms with E-state index in [0.717, 1.165) is 5.76 Å². The van der Waals surface area contributed by atoms with Crippen molar-refractivity contribution in [2.75, 3.05) is 11.1 Å². The van der Waals surface area contributed by atoms with Crippen LogP contribution in [0.25, 0.3) is 0 Å². The van der Waals surface area contributed by atoms with Gasteiger partial charge in [-0.25, -0.2) is 4.39 Å². The Labute approximate surface area is 135 Å². The van der Waals surface area contributed by atoms with Gasteiger partial charge in [0.2, 0.25) is 5.91 Å². The highest BCUT2D eigenvalue weighted by Crippen LogP contribution is 2.17. The first kappa shape index (κ1) is 15.3. The average molecular weight is 332 g/mol. The van der Waals surface area contributed by atoms with Crippen LogP contribution in [0, 0.1) is 5.82 Å². The number of anilines is 1. The van der Waals surface area contributed by atoms with Crippen molar-refractivity contribution in [2.24, 2.45) is 0 Å². The number of hydrogen-bond acceptors (Lipinski definition) is 5. The molecular weight excluding hydrogens is 319 g/mol. The second-order valence-electron chi connectivity index (χ2n) is 4.67. The number of rotatable bonds is 6. The van der Waals surface area contributed by atoms with Crippen molar-refractivity contribution in [2.45, 2.75) is 11.7 Å². The minimum absolute atomic E-state index is 0.146. The third kappa shape index (κ3) is 4.19. The van der Waals surface area contributed by atoms with E-state index < -0.39 is 5.82 Å². The van der Waals surface area contributed by atoms with E-state index in [1.807, 2.05) is 6.07 Å². The molecule has 0 radical (unpaired) electrons. The highest BCUT2D eigenvalue weighted by atomic mass is 32.2. The van der Waals surface area contributed by atoms with Crippen LogP contribution in [0.1, 0.15) is 5.76 Å². The van der Waals surface area contributed by atoms with Gasteiger partial charge in [-0.05, 0) is 30.3 Å². The number of furan rings is 1. The first-order chi connectivity index (χ1) is 11.2. The zero-order chi connectivity index (χ0) is 16.1. The Hall–Kier alpha value is -2.61. The van der Waals surface area contributed by atoms with E-state index in [2.05, 4.69) is 15.5 Å². The number of carbonyl (C=O) groups is 1. The number of thioether (sulfide) groups is 1. The summed E-state index contributed by atoms with van der Waals surface area (Å²) in [6.07, 6.45) is 3.17. The number of nitrogens with one attached hydrogen (secondary N) is 1. The normalized spacial score (nSPS) is 10.7. The summed E-state index contributed by atoms with van der Waals surface area (Å²) in [5.74, 6) is 0.283. The van der Waals surface area contributed by atoms with Crippen LogP contribution in [-0.4, -0.2) is 26.4 Å². The van der Waals surface area contributed by atoms with Gasteiger partial charge < -0.3 is 14.3 Å². The van der Waals surface area contributed by atoms with Crippen molar-refractivity contribution in [1.29, 1.82) is 0 Å². The summed E-state index contributed by atoms with van der Waals surface area (Å²) < 4.78 is 20.1. The molecule has 2 heterocycles. The van der Waals surface area contributed by atoms with Crippen LogP contribution in [0.3, 0.4) is 0 Å². The van der Waals surface area contributed by atoms with Gasteiger partial charge in [0.1, 0.15) is 17.9 Å². The molecule has 3 aromatic rings. The lowest BCUT2D eigenvalue weighted by molar-refractivity contribution is -0.113. The standard InChI is InChI=1S/C15H13FN4O2S/c16-11-3-1-4-12(7-11)18-14(21)9-23-15-19-17-10-20(15)8-13-5-2-6-22-13/h1-7,10H,8-9H2,(H,18,21). The Bertz CT molecular complexity index is 788. The molecule has 2 aromatic heterocycles. The predicted octanol–water partition coefficient (Wildman–Crippen LogP) is 2.79. The molecule has 23 heavy (non-hydrogen) atoms. The topological polar surface area (TPSA) is 73.0 Å². The number of nitrogens with zero attached hydrogens (tertiary/aromatic N) is 3. The minimum atomic E-state index is -0.395. The molecule has 8 heteroatoms. The van der Waals surface area contributed by atoms with Crippen LogP contribution >= 0.6 is 11.8 Å². The van der Waals surface area contributed by atoms with Gasteiger partial charge in [0.25, 0.3) is 0 Å². The van der Waals surface area contributed by atoms with Crippen molar-refractivity contribution in [1.82, 2.24) is 14.8 Å². The molecule has 1 N–H and O–H groups in total. The first-order valence-electron chi connectivity index (χ1n) is 6.79. The highest BCUT2D eigenvalue weighted by molar-refractivity contribution is 7.99. The maximum Gasteiger partial charge on any atom is 0.234 e. The molecule has 0 saturated heterocycles. The van der Waals surface area contributed by atoms with E-state index >= 15 is 0 Å². The van der Waals surface area contributed by atoms with E-state index in [4.69, 9.17) is 4.42 Å². The summed E-state index contributed by atoms with van der Waals surface area (Å²) >= 11 is 1.25. The Morgan fingerprint density at radius 2 is 2.26 bits per heavy atom. The van der Waals surface area contributed by atoms with Crippen LogP contribution in [0.4, 0.5) is 10.1 Å². The lowest BCUT2D eigenvalue weighted by Gasteiger charge is -2.06. The van der Waals surface area contributed by atoms with E-state index in [1.165, 1.54) is 30.0 Å². The van der Waals surface area contributed by atoms with Gasteiger partial charge in [-0.15, -0.1) is 10.2 Å². The number of halogens is 1. The maximum atomic E-state index is 13.1. The molecule has 6 nitrogen and oxygen atoms in total. The van der Waals surface area contributed by atoms with E-state index in [9.17, 15) is 9.18 Å². The minimum Gasteiger partial charge on any atom is -0.467 e. The van der Waals surface area contributed by atoms with Crippen LogP contribution < -0.4 is 5.32 Å². The molecule has 0 spiro atoms. The van der Waals surface area contributed by atoms with Crippen LogP contribution in [0.2, 0.25) is 0 Å². The van der Waals surface area contributed by atoms with Gasteiger partial charge in [0.15, 0.2) is 5.16 Å². The predicted molar refractivity (Wildman–Crippen MR) is 83.6 cm³/mol. The molecule has 1 aromatic carbocycles. The molecule has 0 bridgehead atoms. The Kier molecular flexibility index (Phi) is 4.72. The van der Waals surface area contributed by atoms with Crippen LogP contribution in [-0.2, 0) is 11.3 Å². The van der Waals surface area contributed by atoms with Gasteiger partial charge in [-0.2, -0.15) is 0 Å². The summed E-state index contributed by atoms with van der Waals surface area (Å²) in [5, 5.41) is 11.1. The van der Waals surface area contributed by atoms with Crippen LogP contribution in [0.5, 0.6) is 0 Å². The van der Waals surface area contributed by atoms with Gasteiger partial charge in [-0.3, -0.25) is 4.79 Å². The van der Waals surface area contributed by atoms with Crippen molar-refractivity contribution in [3.05, 3.63) is 60.6 Å². The SMILES string of the molecule is O=C(CSc1nncn1Cc1ccco1)Nc1cccc(F)c1. The number of amides is 1. The van der Waals surface area contributed by atoms with Crippen molar-refractivity contribution >= 4 is 23.4 Å². The third-order valence-corrected chi connectivity index (χ3v) is 3.91. The van der Waals surface area contributed by atoms with Gasteiger partial charge >= 0.3 is 0 Å². The highest BCUT2D eigenvalue weighted by Gasteiger charge is 2.10. The second-order valence-corrected chi connectivity index (χ2v) is 5.61. The number of hydrogen-bond donors (Lipinski definition) is 1. The van der Waals surface area contributed by atoms with E-state index in [-0.39, 0.29) is 11.7 Å². The molecular formula is C15H13FN4O2S. The zero-order valence-corrected chi connectivity index (χ0v) is 12.8. The molecule has 0 aliphatic rings. The Morgan fingerprint density at radius 3 is 3.04 bits per heavy atom. The fourth-order valence-electron chi connectivity index (χ4n) is 1.93. The molecule has 0 fully saturated rings. The second kappa shape index (κ2) is 7.10. The molecule has 0 saturated carbocycles. The Balaban J connectivity index is 1.56. The van der Waals surface area contributed by atoms with Gasteiger partial charge in [0, 0.05) is 5.69 Å². The number of aromatic nitrogens is 3. The summed E-state index contributed by atoms with van der Waals surface area (Å²) in [4.78, 5) is 11.9. The van der Waals surface area contributed by atoms with Gasteiger partial charge in [0.05, 0.1) is 18.6 Å². The monoisotopic (exact) mass is 332 g/mol. The summed E-state index contributed by atoms with van der Waals surface area (Å²) in [7, 11) is 0. The number of benzene rings is 1. The summed E-state index contributed by atoms with van der Waals surface area (Å²) in [5.41, 5.74) is 0.424. The zero-order valence-electron chi connectivity index (χ0n) is 12.0. The molecule has 118 valence electrons. The van der Waals surface area contributed by atoms with Crippen molar-refractivity contribution in [3.63, 3.8) is 0 Å². The van der Waals surface area contributed by atoms with Crippen molar-refractivity contribution < 1.29 is 13.6 Å². The fourth-order valence-corrected chi connectivity index (χ4v) is 2.64. The molecule has 0 unspecified atom stereocenters. The largest absolute Gasteiger partial charge is 0.467 e. The first-order valence-corrected chi connectivity index (χ1v) is 7.77.